The monoisotopic (exact) mass is 444 g/mol. The number of likely N-dealkylation sites (tertiary alicyclic amines) is 1. The summed E-state index contributed by atoms with van der Waals surface area (Å²) in [5.74, 6) is 0.595. The second kappa shape index (κ2) is 11.4. The lowest BCUT2D eigenvalue weighted by molar-refractivity contribution is -0.123. The summed E-state index contributed by atoms with van der Waals surface area (Å²) in [4.78, 5) is 28.2. The van der Waals surface area contributed by atoms with Crippen molar-refractivity contribution in [1.82, 2.24) is 10.2 Å². The molecule has 1 saturated heterocycles. The summed E-state index contributed by atoms with van der Waals surface area (Å²) in [6, 6.07) is 8.64. The Labute approximate surface area is 188 Å². The highest BCUT2D eigenvalue weighted by Crippen LogP contribution is 2.27. The lowest BCUT2D eigenvalue weighted by atomic mass is 10.0. The Morgan fingerprint density at radius 3 is 2.48 bits per heavy atom. The molecule has 0 bridgehead atoms. The van der Waals surface area contributed by atoms with Gasteiger partial charge in [-0.3, -0.25) is 9.59 Å². The van der Waals surface area contributed by atoms with E-state index >= 15 is 0 Å². The van der Waals surface area contributed by atoms with Crippen molar-refractivity contribution in [3.05, 3.63) is 51.7 Å². The van der Waals surface area contributed by atoms with Crippen LogP contribution in [0.3, 0.4) is 0 Å². The maximum Gasteiger partial charge on any atom is 0.220 e. The molecule has 2 atom stereocenters. The third-order valence-corrected chi connectivity index (χ3v) is 6.86. The second-order valence-corrected chi connectivity index (χ2v) is 9.05. The molecule has 168 valence electrons. The summed E-state index contributed by atoms with van der Waals surface area (Å²) in [7, 11) is 1.59. The quantitative estimate of drug-likeness (QED) is 0.516. The molecule has 2 N–H and O–H groups in total. The van der Waals surface area contributed by atoms with Crippen LogP contribution in [-0.2, 0) is 4.79 Å². The van der Waals surface area contributed by atoms with Crippen LogP contribution in [0.5, 0.6) is 5.75 Å². The lowest BCUT2D eigenvalue weighted by Gasteiger charge is -2.28. The van der Waals surface area contributed by atoms with Crippen LogP contribution >= 0.6 is 11.3 Å². The Morgan fingerprint density at radius 2 is 1.87 bits per heavy atom. The summed E-state index contributed by atoms with van der Waals surface area (Å²) < 4.78 is 5.11. The summed E-state index contributed by atoms with van der Waals surface area (Å²) in [5.41, 5.74) is 1.67. The SMILES string of the molecule is COc1ccc(C(=O)CCCC(=O)N[C@H](CN2CCCC2)[C@H](O)c2sccc2C)cc1. The number of nitrogens with one attached hydrogen (secondary N) is 1. The molecule has 0 radical (unpaired) electrons. The number of ketones is 1. The molecule has 0 saturated carbocycles. The van der Waals surface area contributed by atoms with Crippen LogP contribution < -0.4 is 10.1 Å². The van der Waals surface area contributed by atoms with Gasteiger partial charge in [-0.2, -0.15) is 0 Å². The smallest absolute Gasteiger partial charge is 0.220 e. The highest BCUT2D eigenvalue weighted by atomic mass is 32.1. The van der Waals surface area contributed by atoms with Gasteiger partial charge in [0.1, 0.15) is 11.9 Å². The van der Waals surface area contributed by atoms with E-state index in [0.717, 1.165) is 36.4 Å². The number of thiophene rings is 1. The molecule has 1 aliphatic heterocycles. The fourth-order valence-electron chi connectivity index (χ4n) is 3.95. The molecule has 0 aliphatic carbocycles. The van der Waals surface area contributed by atoms with Crippen molar-refractivity contribution >= 4 is 23.0 Å². The van der Waals surface area contributed by atoms with E-state index in [2.05, 4.69) is 10.2 Å². The molecule has 6 nitrogen and oxygen atoms in total. The van der Waals surface area contributed by atoms with Crippen molar-refractivity contribution in [2.75, 3.05) is 26.7 Å². The van der Waals surface area contributed by atoms with Crippen molar-refractivity contribution in [3.63, 3.8) is 0 Å². The Morgan fingerprint density at radius 1 is 1.16 bits per heavy atom. The number of hydrogen-bond acceptors (Lipinski definition) is 6. The molecular formula is C24H32N2O4S. The minimum Gasteiger partial charge on any atom is -0.497 e. The number of Topliss-reactive ketones (excluding diaryl/α,β-unsaturated/α-hetero) is 1. The molecule has 3 rings (SSSR count). The number of aliphatic hydroxyl groups excluding tert-OH is 1. The number of carbonyl (C=O) groups is 2. The topological polar surface area (TPSA) is 78.9 Å². The first-order chi connectivity index (χ1) is 15.0. The second-order valence-electron chi connectivity index (χ2n) is 8.10. The minimum absolute atomic E-state index is 0.0123. The van der Waals surface area contributed by atoms with Crippen molar-refractivity contribution in [1.29, 1.82) is 0 Å². The number of benzene rings is 1. The number of aliphatic hydroxyl groups is 1. The van der Waals surface area contributed by atoms with E-state index in [1.807, 2.05) is 18.4 Å². The number of aryl methyl sites for hydroxylation is 1. The molecule has 1 amide bonds. The molecule has 0 unspecified atom stereocenters. The van der Waals surface area contributed by atoms with Crippen molar-refractivity contribution < 1.29 is 19.4 Å². The summed E-state index contributed by atoms with van der Waals surface area (Å²) in [5, 5.41) is 16.0. The summed E-state index contributed by atoms with van der Waals surface area (Å²) in [6.07, 6.45) is 2.62. The van der Waals surface area contributed by atoms with Crippen LogP contribution in [0.25, 0.3) is 0 Å². The van der Waals surface area contributed by atoms with Crippen molar-refractivity contribution in [3.8, 4) is 5.75 Å². The number of methoxy groups -OCH3 is 1. The molecule has 2 aromatic rings. The van der Waals surface area contributed by atoms with Gasteiger partial charge in [0.25, 0.3) is 0 Å². The zero-order valence-electron chi connectivity index (χ0n) is 18.3. The predicted octanol–water partition coefficient (Wildman–Crippen LogP) is 3.73. The van der Waals surface area contributed by atoms with Gasteiger partial charge in [-0.25, -0.2) is 0 Å². The number of hydrogen-bond donors (Lipinski definition) is 2. The number of nitrogens with zero attached hydrogens (tertiary/aromatic N) is 1. The van der Waals surface area contributed by atoms with Gasteiger partial charge in [-0.1, -0.05) is 0 Å². The predicted molar refractivity (Wildman–Crippen MR) is 123 cm³/mol. The van der Waals surface area contributed by atoms with Crippen molar-refractivity contribution in [2.45, 2.75) is 51.2 Å². The third kappa shape index (κ3) is 6.63. The fourth-order valence-corrected chi connectivity index (χ4v) is 4.92. The molecule has 2 heterocycles. The zero-order chi connectivity index (χ0) is 22.2. The van der Waals surface area contributed by atoms with Gasteiger partial charge in [0.15, 0.2) is 5.78 Å². The van der Waals surface area contributed by atoms with Crippen LogP contribution in [0.1, 0.15) is 59.0 Å². The zero-order valence-corrected chi connectivity index (χ0v) is 19.1. The Balaban J connectivity index is 1.52. The summed E-state index contributed by atoms with van der Waals surface area (Å²) >= 11 is 1.52. The maximum atomic E-state index is 12.6. The molecule has 31 heavy (non-hydrogen) atoms. The first-order valence-electron chi connectivity index (χ1n) is 10.9. The van der Waals surface area contributed by atoms with E-state index in [-0.39, 0.29) is 24.2 Å². The van der Waals surface area contributed by atoms with Gasteiger partial charge < -0.3 is 20.1 Å². The van der Waals surface area contributed by atoms with Crippen LogP contribution in [0.2, 0.25) is 0 Å². The van der Waals surface area contributed by atoms with Gasteiger partial charge in [-0.15, -0.1) is 11.3 Å². The standard InChI is InChI=1S/C24H32N2O4S/c1-17-12-15-31-24(17)23(29)20(16-26-13-3-4-14-26)25-22(28)7-5-6-21(27)18-8-10-19(30-2)11-9-18/h8-12,15,20,23,29H,3-7,13-14,16H2,1-2H3,(H,25,28)/t20-,23+/m1/s1. The Hall–Kier alpha value is -2.22. The molecule has 1 aliphatic rings. The van der Waals surface area contributed by atoms with E-state index < -0.39 is 6.10 Å². The van der Waals surface area contributed by atoms with Crippen LogP contribution in [0, 0.1) is 6.92 Å². The lowest BCUT2D eigenvalue weighted by Crippen LogP contribution is -2.46. The van der Waals surface area contributed by atoms with Crippen molar-refractivity contribution in [2.24, 2.45) is 0 Å². The molecule has 1 aromatic carbocycles. The number of rotatable bonds is 11. The number of ether oxygens (including phenoxy) is 1. The van der Waals surface area contributed by atoms with Crippen LogP contribution in [0.4, 0.5) is 0 Å². The van der Waals surface area contributed by atoms with Gasteiger partial charge in [0, 0.05) is 29.8 Å². The minimum atomic E-state index is -0.731. The Kier molecular flexibility index (Phi) is 8.63. The van der Waals surface area contributed by atoms with E-state index in [1.165, 1.54) is 11.3 Å². The highest BCUT2D eigenvalue weighted by molar-refractivity contribution is 7.10. The van der Waals surface area contributed by atoms with Gasteiger partial charge in [0.05, 0.1) is 13.2 Å². The normalized spacial score (nSPS) is 16.1. The van der Waals surface area contributed by atoms with Crippen LogP contribution in [0.15, 0.2) is 35.7 Å². The molecule has 1 aromatic heterocycles. The maximum absolute atomic E-state index is 12.6. The van der Waals surface area contributed by atoms with Gasteiger partial charge in [0.2, 0.25) is 5.91 Å². The number of carbonyl (C=O) groups excluding carboxylic acids is 2. The van der Waals surface area contributed by atoms with E-state index in [0.29, 0.717) is 30.7 Å². The first kappa shape index (κ1) is 23.4. The third-order valence-electron chi connectivity index (χ3n) is 5.77. The molecule has 0 spiro atoms. The molecular weight excluding hydrogens is 412 g/mol. The summed E-state index contributed by atoms with van der Waals surface area (Å²) in [6.45, 7) is 4.61. The average Bonchev–Trinajstić information content (AvgIpc) is 3.44. The van der Waals surface area contributed by atoms with Gasteiger partial charge >= 0.3 is 0 Å². The molecule has 1 fully saturated rings. The average molecular weight is 445 g/mol. The first-order valence-corrected chi connectivity index (χ1v) is 11.8. The van der Waals surface area contributed by atoms with Crippen LogP contribution in [-0.4, -0.2) is 54.5 Å². The van der Waals surface area contributed by atoms with E-state index in [4.69, 9.17) is 4.74 Å². The highest BCUT2D eigenvalue weighted by Gasteiger charge is 2.28. The Bertz CT molecular complexity index is 859. The van der Waals surface area contributed by atoms with E-state index in [9.17, 15) is 14.7 Å². The fraction of sp³-hybridized carbons (Fsp3) is 0.500. The van der Waals surface area contributed by atoms with Gasteiger partial charge in [-0.05, 0) is 80.6 Å². The molecule has 7 heteroatoms. The number of amides is 1. The largest absolute Gasteiger partial charge is 0.497 e. The van der Waals surface area contributed by atoms with E-state index in [1.54, 1.807) is 31.4 Å².